The lowest BCUT2D eigenvalue weighted by Crippen LogP contribution is -2.59. The number of Topliss-reactive ketones (excluding diaryl/α,β-unsaturated/α-hetero) is 1. The Balaban J connectivity index is 1.33. The Kier molecular flexibility index (Phi) is 4.19. The first kappa shape index (κ1) is 23.6. The quantitative estimate of drug-likeness (QED) is 0.553. The van der Waals surface area contributed by atoms with E-state index in [1.54, 1.807) is 0 Å². The van der Waals surface area contributed by atoms with Crippen LogP contribution in [0.5, 0.6) is 0 Å². The third-order valence-corrected chi connectivity index (χ3v) is 13.9. The molecule has 0 radical (unpaired) electrons. The third kappa shape index (κ3) is 2.25. The molecule has 5 nitrogen and oxygen atoms in total. The van der Waals surface area contributed by atoms with E-state index < -0.39 is 23.6 Å². The first-order valence-corrected chi connectivity index (χ1v) is 14.4. The molecule has 5 heteroatoms. The van der Waals surface area contributed by atoms with E-state index in [9.17, 15) is 15.0 Å². The Morgan fingerprint density at radius 3 is 2.31 bits per heavy atom. The van der Waals surface area contributed by atoms with Crippen molar-refractivity contribution >= 4 is 5.78 Å². The zero-order chi connectivity index (χ0) is 25.2. The summed E-state index contributed by atoms with van der Waals surface area (Å²) in [7, 11) is 0. The van der Waals surface area contributed by atoms with Gasteiger partial charge in [0.1, 0.15) is 18.0 Å². The molecule has 35 heavy (non-hydrogen) atoms. The van der Waals surface area contributed by atoms with E-state index in [-0.39, 0.29) is 39.1 Å². The highest BCUT2D eigenvalue weighted by Gasteiger charge is 2.88. The maximum Gasteiger partial charge on any atom is 0.199 e. The predicted octanol–water partition coefficient (Wildman–Crippen LogP) is 4.87. The summed E-state index contributed by atoms with van der Waals surface area (Å²) < 4.78 is 13.5. The fourth-order valence-corrected chi connectivity index (χ4v) is 12.5. The summed E-state index contributed by atoms with van der Waals surface area (Å²) >= 11 is 0. The number of carbonyl (C=O) groups excluding carboxylic acids is 1. The molecule has 3 spiro atoms. The minimum Gasteiger partial charge on any atom is -0.388 e. The van der Waals surface area contributed by atoms with Gasteiger partial charge in [-0.05, 0) is 92.8 Å². The molecular formula is C30H46O5. The zero-order valence-electron chi connectivity index (χ0n) is 22.8. The molecule has 2 bridgehead atoms. The lowest BCUT2D eigenvalue weighted by atomic mass is 9.41. The molecule has 2 saturated heterocycles. The van der Waals surface area contributed by atoms with Crippen molar-refractivity contribution in [3.05, 3.63) is 0 Å². The van der Waals surface area contributed by atoms with Gasteiger partial charge in [-0.1, -0.05) is 34.6 Å². The van der Waals surface area contributed by atoms with Crippen LogP contribution in [-0.4, -0.2) is 45.7 Å². The Morgan fingerprint density at radius 1 is 0.971 bits per heavy atom. The van der Waals surface area contributed by atoms with Crippen molar-refractivity contribution in [1.29, 1.82) is 0 Å². The molecule has 0 amide bonds. The molecule has 0 aromatic carbocycles. The van der Waals surface area contributed by atoms with Crippen molar-refractivity contribution in [3.8, 4) is 0 Å². The Hall–Kier alpha value is -0.490. The van der Waals surface area contributed by atoms with Gasteiger partial charge in [0.2, 0.25) is 0 Å². The van der Waals surface area contributed by atoms with E-state index in [0.717, 1.165) is 38.5 Å². The zero-order valence-corrected chi connectivity index (χ0v) is 22.8. The molecule has 7 rings (SSSR count). The molecule has 0 aromatic heterocycles. The van der Waals surface area contributed by atoms with Crippen LogP contribution in [0.25, 0.3) is 0 Å². The van der Waals surface area contributed by atoms with Gasteiger partial charge in [0.15, 0.2) is 5.79 Å². The summed E-state index contributed by atoms with van der Waals surface area (Å²) in [5.74, 6) is 0.809. The SMILES string of the molecule is C[C@@H]1C[C@H]2O[C@@]3(O[C@H]2C(C)(C)O)[C@H](O)[C@@]2(C)[C@@H]4CC[C@H]5C(C)(C)C(=O)CC[C@@]56C[C@@]46CC[C@]2(C)[C@@H]13. The van der Waals surface area contributed by atoms with Crippen LogP contribution in [0.3, 0.4) is 0 Å². The summed E-state index contributed by atoms with van der Waals surface area (Å²) in [5.41, 5.74) is -1.13. The molecule has 7 fully saturated rings. The van der Waals surface area contributed by atoms with Gasteiger partial charge in [-0.2, -0.15) is 0 Å². The number of fused-ring (bicyclic) bond motifs is 4. The van der Waals surface area contributed by atoms with E-state index in [1.165, 1.54) is 12.8 Å². The van der Waals surface area contributed by atoms with Crippen LogP contribution in [0.2, 0.25) is 0 Å². The molecule has 5 saturated carbocycles. The van der Waals surface area contributed by atoms with E-state index in [0.29, 0.717) is 23.5 Å². The lowest BCUT2D eigenvalue weighted by Gasteiger charge is -2.62. The Labute approximate surface area is 210 Å². The number of hydrogen-bond acceptors (Lipinski definition) is 5. The van der Waals surface area contributed by atoms with Crippen LogP contribution in [-0.2, 0) is 14.3 Å². The highest BCUT2D eigenvalue weighted by molar-refractivity contribution is 5.86. The number of aliphatic hydroxyl groups excluding tert-OH is 1. The van der Waals surface area contributed by atoms with Crippen LogP contribution >= 0.6 is 0 Å². The van der Waals surface area contributed by atoms with Gasteiger partial charge >= 0.3 is 0 Å². The highest BCUT2D eigenvalue weighted by atomic mass is 16.8. The number of ketones is 1. The maximum atomic E-state index is 12.9. The molecule has 5 aliphatic carbocycles. The summed E-state index contributed by atoms with van der Waals surface area (Å²) in [5, 5.41) is 23.4. The van der Waals surface area contributed by atoms with Gasteiger partial charge in [0.25, 0.3) is 0 Å². The third-order valence-electron chi connectivity index (χ3n) is 13.9. The molecule has 196 valence electrons. The van der Waals surface area contributed by atoms with Gasteiger partial charge in [0.05, 0.1) is 11.7 Å². The van der Waals surface area contributed by atoms with Crippen molar-refractivity contribution in [2.45, 2.75) is 130 Å². The molecule has 0 aromatic rings. The summed E-state index contributed by atoms with van der Waals surface area (Å²) in [4.78, 5) is 12.9. The molecule has 2 N–H and O–H groups in total. The molecule has 7 aliphatic rings. The number of rotatable bonds is 1. The van der Waals surface area contributed by atoms with Crippen LogP contribution in [0.15, 0.2) is 0 Å². The molecule has 12 atom stereocenters. The fraction of sp³-hybridized carbons (Fsp3) is 0.967. The van der Waals surface area contributed by atoms with Crippen LogP contribution in [0.4, 0.5) is 0 Å². The number of carbonyl (C=O) groups is 1. The van der Waals surface area contributed by atoms with Crippen LogP contribution in [0.1, 0.15) is 99.8 Å². The van der Waals surface area contributed by atoms with Crippen LogP contribution < -0.4 is 0 Å². The van der Waals surface area contributed by atoms with Gasteiger partial charge in [-0.25, -0.2) is 0 Å². The number of ether oxygens (including phenoxy) is 2. The minimum atomic E-state index is -1.03. The minimum absolute atomic E-state index is 0.0855. The first-order valence-electron chi connectivity index (χ1n) is 14.4. The standard InChI is InChI=1S/C30H46O5/c1-16-14-17-22(25(4,5)33)35-30(34-17)21(16)26(6)12-13-29-15-28(29)11-10-20(31)24(2,3)18(28)8-9-19(29)27(26,7)23(30)32/h16-19,21-23,32-33H,8-15H2,1-7H3/t16-,17-,18+,19+,21-,22-,23-,26-,27-,28-,29+,30+/m1/s1. The normalized spacial score (nSPS) is 61.9. The summed E-state index contributed by atoms with van der Waals surface area (Å²) in [6.07, 6.45) is 7.03. The van der Waals surface area contributed by atoms with E-state index >= 15 is 0 Å². The molecule has 2 aliphatic heterocycles. The molecule has 2 heterocycles. The summed E-state index contributed by atoms with van der Waals surface area (Å²) in [6.45, 7) is 15.2. The first-order chi connectivity index (χ1) is 16.1. The predicted molar refractivity (Wildman–Crippen MR) is 131 cm³/mol. The average Bonchev–Trinajstić information content (AvgIpc) is 3.28. The van der Waals surface area contributed by atoms with Gasteiger partial charge in [0, 0.05) is 23.2 Å². The van der Waals surface area contributed by atoms with Crippen molar-refractivity contribution in [2.75, 3.05) is 0 Å². The molecular weight excluding hydrogens is 440 g/mol. The highest BCUT2D eigenvalue weighted by Crippen LogP contribution is 2.90. The Morgan fingerprint density at radius 2 is 1.63 bits per heavy atom. The number of hydrogen-bond donors (Lipinski definition) is 2. The van der Waals surface area contributed by atoms with Crippen molar-refractivity contribution in [2.24, 2.45) is 50.7 Å². The van der Waals surface area contributed by atoms with Gasteiger partial charge in [-0.3, -0.25) is 4.79 Å². The second kappa shape index (κ2) is 6.21. The monoisotopic (exact) mass is 486 g/mol. The maximum absolute atomic E-state index is 12.9. The van der Waals surface area contributed by atoms with E-state index in [4.69, 9.17) is 9.47 Å². The van der Waals surface area contributed by atoms with Crippen molar-refractivity contribution in [1.82, 2.24) is 0 Å². The smallest absolute Gasteiger partial charge is 0.199 e. The second-order valence-electron chi connectivity index (χ2n) is 15.7. The van der Waals surface area contributed by atoms with Crippen LogP contribution in [0, 0.1) is 50.7 Å². The van der Waals surface area contributed by atoms with Crippen molar-refractivity contribution < 1.29 is 24.5 Å². The van der Waals surface area contributed by atoms with E-state index in [1.807, 2.05) is 13.8 Å². The largest absolute Gasteiger partial charge is 0.388 e. The average molecular weight is 487 g/mol. The summed E-state index contributed by atoms with van der Waals surface area (Å²) in [6, 6.07) is 0. The van der Waals surface area contributed by atoms with Gasteiger partial charge in [-0.15, -0.1) is 0 Å². The Bertz CT molecular complexity index is 999. The van der Waals surface area contributed by atoms with E-state index in [2.05, 4.69) is 34.6 Å². The topological polar surface area (TPSA) is 76.0 Å². The van der Waals surface area contributed by atoms with Crippen molar-refractivity contribution in [3.63, 3.8) is 0 Å². The fourth-order valence-electron chi connectivity index (χ4n) is 12.5. The second-order valence-corrected chi connectivity index (χ2v) is 15.7. The number of aliphatic hydroxyl groups is 2. The molecule has 0 unspecified atom stereocenters. The lowest BCUT2D eigenvalue weighted by molar-refractivity contribution is -0.282. The van der Waals surface area contributed by atoms with Gasteiger partial charge < -0.3 is 19.7 Å².